The molecule has 1 aliphatic heterocycles. The molecule has 0 bridgehead atoms. The van der Waals surface area contributed by atoms with Crippen molar-refractivity contribution in [2.75, 3.05) is 6.61 Å². The fourth-order valence-electron chi connectivity index (χ4n) is 4.86. The number of esters is 4. The van der Waals surface area contributed by atoms with Gasteiger partial charge >= 0.3 is 23.9 Å². The summed E-state index contributed by atoms with van der Waals surface area (Å²) in [6, 6.07) is 15.3. The second kappa shape index (κ2) is 13.2. The third-order valence-corrected chi connectivity index (χ3v) is 6.43. The molecule has 5 atom stereocenters. The molecule has 0 amide bonds. The first-order valence-electron chi connectivity index (χ1n) is 13.1. The molecule has 0 saturated carbocycles. The van der Waals surface area contributed by atoms with Crippen molar-refractivity contribution in [1.82, 2.24) is 4.57 Å². The first-order chi connectivity index (χ1) is 20.5. The minimum Gasteiger partial charge on any atom is -0.464 e. The molecule has 4 rings (SSSR count). The molecule has 0 N–H and O–H groups in total. The summed E-state index contributed by atoms with van der Waals surface area (Å²) in [5.41, 5.74) is -0.251. The number of aromatic nitrogens is 1. The Bertz CT molecular complexity index is 1610. The summed E-state index contributed by atoms with van der Waals surface area (Å²) in [5.74, 6) is -2.90. The Morgan fingerprint density at radius 2 is 1.49 bits per heavy atom. The van der Waals surface area contributed by atoms with Gasteiger partial charge < -0.3 is 28.1 Å². The van der Waals surface area contributed by atoms with E-state index >= 15 is 0 Å². The number of benzene rings is 1. The molecule has 0 aliphatic carbocycles. The molecular weight excluding hydrogens is 564 g/mol. The van der Waals surface area contributed by atoms with Crippen LogP contribution >= 0.6 is 0 Å². The summed E-state index contributed by atoms with van der Waals surface area (Å²) in [5, 5.41) is 10.1. The van der Waals surface area contributed by atoms with Gasteiger partial charge in [-0.1, -0.05) is 30.3 Å². The van der Waals surface area contributed by atoms with Gasteiger partial charge in [-0.05, 0) is 23.8 Å². The average Bonchev–Trinajstić information content (AvgIpc) is 3.49. The van der Waals surface area contributed by atoms with Crippen LogP contribution in [0.1, 0.15) is 39.5 Å². The van der Waals surface area contributed by atoms with E-state index in [9.17, 15) is 29.2 Å². The molecule has 1 saturated heterocycles. The Morgan fingerprint density at radius 3 is 2.05 bits per heavy atom. The Kier molecular flexibility index (Phi) is 9.42. The van der Waals surface area contributed by atoms with E-state index in [1.165, 1.54) is 6.26 Å². The van der Waals surface area contributed by atoms with Crippen LogP contribution in [0.3, 0.4) is 0 Å². The lowest BCUT2D eigenvalue weighted by Crippen LogP contribution is -2.61. The summed E-state index contributed by atoms with van der Waals surface area (Å²) in [4.78, 5) is 62.7. The molecule has 13 heteroatoms. The minimum atomic E-state index is -1.57. The predicted octanol–water partition coefficient (Wildman–Crippen LogP) is 2.90. The van der Waals surface area contributed by atoms with Gasteiger partial charge in [0, 0.05) is 33.3 Å². The molecule has 13 nitrogen and oxygen atoms in total. The van der Waals surface area contributed by atoms with E-state index in [1.54, 1.807) is 48.5 Å². The zero-order valence-electron chi connectivity index (χ0n) is 23.7. The number of nitriles is 1. The number of carbonyl (C=O) groups excluding carboxylic acids is 4. The number of rotatable bonds is 8. The molecule has 1 aromatic carbocycles. The summed E-state index contributed by atoms with van der Waals surface area (Å²) in [6.45, 7) is 3.95. The van der Waals surface area contributed by atoms with Gasteiger partial charge in [-0.25, -0.2) is 0 Å². The third kappa shape index (κ3) is 6.82. The minimum absolute atomic E-state index is 0.193. The zero-order valence-corrected chi connectivity index (χ0v) is 23.7. The molecule has 224 valence electrons. The summed E-state index contributed by atoms with van der Waals surface area (Å²) >= 11 is 0. The lowest BCUT2D eigenvalue weighted by molar-refractivity contribution is -0.268. The first-order valence-corrected chi connectivity index (χ1v) is 13.1. The maximum absolute atomic E-state index is 14.2. The van der Waals surface area contributed by atoms with Crippen molar-refractivity contribution in [3.8, 4) is 28.7 Å². The van der Waals surface area contributed by atoms with Gasteiger partial charge in [-0.3, -0.25) is 28.5 Å². The van der Waals surface area contributed by atoms with Gasteiger partial charge in [-0.2, -0.15) is 5.26 Å². The highest BCUT2D eigenvalue weighted by molar-refractivity contribution is 5.73. The molecule has 0 unspecified atom stereocenters. The largest absolute Gasteiger partial charge is 0.464 e. The van der Waals surface area contributed by atoms with E-state index in [0.717, 1.165) is 32.3 Å². The highest BCUT2D eigenvalue weighted by Gasteiger charge is 2.53. The van der Waals surface area contributed by atoms with Crippen molar-refractivity contribution in [1.29, 1.82) is 5.26 Å². The number of hydrogen-bond acceptors (Lipinski definition) is 12. The summed E-state index contributed by atoms with van der Waals surface area (Å²) < 4.78 is 34.5. The second-order valence-corrected chi connectivity index (χ2v) is 9.54. The maximum Gasteiger partial charge on any atom is 0.303 e. The second-order valence-electron chi connectivity index (χ2n) is 9.54. The number of hydrogen-bond donors (Lipinski definition) is 0. The van der Waals surface area contributed by atoms with Gasteiger partial charge in [-0.15, -0.1) is 0 Å². The van der Waals surface area contributed by atoms with Crippen LogP contribution in [0, 0.1) is 11.3 Å². The number of furan rings is 1. The van der Waals surface area contributed by atoms with E-state index in [4.69, 9.17) is 28.1 Å². The average molecular weight is 593 g/mol. The fraction of sp³-hybridized carbons (Fsp3) is 0.333. The molecule has 2 aromatic heterocycles. The molecule has 0 radical (unpaired) electrons. The van der Waals surface area contributed by atoms with Crippen molar-refractivity contribution in [2.45, 2.75) is 58.3 Å². The van der Waals surface area contributed by atoms with Crippen LogP contribution in [-0.2, 0) is 42.9 Å². The quantitative estimate of drug-likeness (QED) is 0.277. The summed E-state index contributed by atoms with van der Waals surface area (Å²) in [7, 11) is 0. The van der Waals surface area contributed by atoms with Crippen molar-refractivity contribution in [3.63, 3.8) is 0 Å². The van der Waals surface area contributed by atoms with E-state index in [-0.39, 0.29) is 22.6 Å². The lowest BCUT2D eigenvalue weighted by Gasteiger charge is -2.45. The molecule has 3 aromatic rings. The van der Waals surface area contributed by atoms with Gasteiger partial charge in [0.2, 0.25) is 0 Å². The van der Waals surface area contributed by atoms with E-state index in [1.807, 2.05) is 6.07 Å². The smallest absolute Gasteiger partial charge is 0.303 e. The van der Waals surface area contributed by atoms with E-state index < -0.39 is 66.7 Å². The Labute approximate surface area is 245 Å². The maximum atomic E-state index is 14.2. The van der Waals surface area contributed by atoms with Crippen molar-refractivity contribution in [3.05, 3.63) is 70.7 Å². The number of ether oxygens (including phenoxy) is 5. The van der Waals surface area contributed by atoms with Crippen LogP contribution in [0.2, 0.25) is 0 Å². The van der Waals surface area contributed by atoms with Gasteiger partial charge in [0.15, 0.2) is 24.5 Å². The van der Waals surface area contributed by atoms with Crippen LogP contribution in [-0.4, -0.2) is 59.5 Å². The number of pyridine rings is 1. The Balaban J connectivity index is 2.03. The van der Waals surface area contributed by atoms with Gasteiger partial charge in [0.05, 0.1) is 12.0 Å². The standard InChI is InChI=1S/C30H28N2O11/c1-16(33)39-15-25-26(40-17(2)34)27(41-18(3)35)28(42-19(4)36)30(43-25)32-23(20-9-6-5-7-10-20)13-21(22(14-31)29(32)37)24-11-8-12-38-24/h5-13,25-28,30H,15H2,1-4H3/t25-,26+,27+,28-,30-/m1/s1. The highest BCUT2D eigenvalue weighted by atomic mass is 16.7. The van der Waals surface area contributed by atoms with Crippen LogP contribution in [0.15, 0.2) is 64.0 Å². The number of nitrogens with zero attached hydrogens (tertiary/aromatic N) is 2. The molecule has 1 fully saturated rings. The molecular formula is C30H28N2O11. The predicted molar refractivity (Wildman–Crippen MR) is 146 cm³/mol. The van der Waals surface area contributed by atoms with E-state index in [0.29, 0.717) is 5.56 Å². The SMILES string of the molecule is CC(=O)OC[C@H]1O[C@@H](n2c(-c3ccccc3)cc(-c3ccco3)c(C#N)c2=O)[C@H](OC(C)=O)[C@@H](OC(C)=O)[C@H]1OC(C)=O. The zero-order chi connectivity index (χ0) is 31.3. The Morgan fingerprint density at radius 1 is 0.860 bits per heavy atom. The lowest BCUT2D eigenvalue weighted by atomic mass is 9.95. The fourth-order valence-corrected chi connectivity index (χ4v) is 4.86. The third-order valence-electron chi connectivity index (χ3n) is 6.43. The molecule has 3 heterocycles. The first kappa shape index (κ1) is 30.7. The molecule has 0 spiro atoms. The molecule has 1 aliphatic rings. The van der Waals surface area contributed by atoms with Gasteiger partial charge in [0.25, 0.3) is 5.56 Å². The summed E-state index contributed by atoms with van der Waals surface area (Å²) in [6.07, 6.45) is -5.99. The van der Waals surface area contributed by atoms with Gasteiger partial charge in [0.1, 0.15) is 30.1 Å². The topological polar surface area (TPSA) is 173 Å². The monoisotopic (exact) mass is 592 g/mol. The van der Waals surface area contributed by atoms with Crippen LogP contribution in [0.25, 0.3) is 22.6 Å². The molecule has 43 heavy (non-hydrogen) atoms. The van der Waals surface area contributed by atoms with Crippen LogP contribution < -0.4 is 5.56 Å². The van der Waals surface area contributed by atoms with Crippen LogP contribution in [0.4, 0.5) is 0 Å². The van der Waals surface area contributed by atoms with Crippen molar-refractivity contribution in [2.24, 2.45) is 0 Å². The number of carbonyl (C=O) groups is 4. The van der Waals surface area contributed by atoms with Crippen molar-refractivity contribution >= 4 is 23.9 Å². The van der Waals surface area contributed by atoms with E-state index in [2.05, 4.69) is 0 Å². The highest BCUT2D eigenvalue weighted by Crippen LogP contribution is 2.38. The van der Waals surface area contributed by atoms with Crippen molar-refractivity contribution < 1.29 is 47.3 Å². The van der Waals surface area contributed by atoms with Crippen LogP contribution in [0.5, 0.6) is 0 Å². The normalized spacial score (nSPS) is 21.2. The Hall–Kier alpha value is -5.22.